The molecule has 0 saturated carbocycles. The van der Waals surface area contributed by atoms with Crippen molar-refractivity contribution in [2.75, 3.05) is 6.61 Å². The highest BCUT2D eigenvalue weighted by atomic mass is 16.7. The molecule has 2 bridgehead atoms. The quantitative estimate of drug-likeness (QED) is 0.618. The van der Waals surface area contributed by atoms with Crippen molar-refractivity contribution in [2.45, 2.75) is 50.5 Å². The van der Waals surface area contributed by atoms with Gasteiger partial charge in [0.2, 0.25) is 0 Å². The summed E-state index contributed by atoms with van der Waals surface area (Å²) in [6, 6.07) is 0. The summed E-state index contributed by atoms with van der Waals surface area (Å²) in [7, 11) is 0. The topological polar surface area (TPSA) is 85.2 Å². The van der Waals surface area contributed by atoms with Crippen LogP contribution >= 0.6 is 0 Å². The van der Waals surface area contributed by atoms with Gasteiger partial charge < -0.3 is 24.4 Å². The molecule has 92 valence electrons. The van der Waals surface area contributed by atoms with Crippen LogP contribution in [-0.2, 0) is 19.0 Å². The van der Waals surface area contributed by atoms with Gasteiger partial charge in [-0.05, 0) is 6.42 Å². The van der Waals surface area contributed by atoms with Crippen molar-refractivity contribution in [3.05, 3.63) is 0 Å². The minimum Gasteiger partial charge on any atom is -0.457 e. The number of carbonyl (C=O) groups excluding carboxylic acids is 1. The fourth-order valence-corrected chi connectivity index (χ4v) is 1.93. The third-order valence-electron chi connectivity index (χ3n) is 2.79. The molecule has 2 aliphatic rings. The summed E-state index contributed by atoms with van der Waals surface area (Å²) < 4.78 is 15.5. The molecule has 6 nitrogen and oxygen atoms in total. The molecule has 2 heterocycles. The number of esters is 1. The number of ether oxygens (including phenoxy) is 3. The number of fused-ring (bicyclic) bond motifs is 2. The molecule has 0 radical (unpaired) electrons. The van der Waals surface area contributed by atoms with E-state index in [0.717, 1.165) is 0 Å². The van der Waals surface area contributed by atoms with E-state index in [1.165, 1.54) is 0 Å². The molecule has 6 heteroatoms. The van der Waals surface area contributed by atoms with Crippen molar-refractivity contribution in [3.63, 3.8) is 0 Å². The first-order valence-electron chi connectivity index (χ1n) is 5.46. The fourth-order valence-electron chi connectivity index (χ4n) is 1.93. The van der Waals surface area contributed by atoms with Crippen LogP contribution in [0.25, 0.3) is 0 Å². The van der Waals surface area contributed by atoms with Gasteiger partial charge in [-0.15, -0.1) is 0 Å². The number of aliphatic hydroxyl groups is 2. The zero-order chi connectivity index (χ0) is 11.7. The Bertz CT molecular complexity index is 268. The molecule has 5 atom stereocenters. The average Bonchev–Trinajstić information content (AvgIpc) is 2.69. The molecule has 2 rings (SSSR count). The highest BCUT2D eigenvalue weighted by Gasteiger charge is 2.51. The number of carbonyl (C=O) groups is 1. The molecule has 0 aromatic heterocycles. The highest BCUT2D eigenvalue weighted by molar-refractivity contribution is 5.69. The zero-order valence-corrected chi connectivity index (χ0v) is 9.04. The Kier molecular flexibility index (Phi) is 3.44. The van der Waals surface area contributed by atoms with Crippen molar-refractivity contribution in [1.82, 2.24) is 0 Å². The molecule has 0 aromatic carbocycles. The molecule has 2 N–H and O–H groups in total. The Morgan fingerprint density at radius 1 is 1.44 bits per heavy atom. The third-order valence-corrected chi connectivity index (χ3v) is 2.79. The Balaban J connectivity index is 1.99. The fraction of sp³-hybridized carbons (Fsp3) is 0.900. The van der Waals surface area contributed by atoms with Crippen molar-refractivity contribution in [2.24, 2.45) is 0 Å². The number of hydrogen-bond acceptors (Lipinski definition) is 6. The van der Waals surface area contributed by atoms with E-state index >= 15 is 0 Å². The summed E-state index contributed by atoms with van der Waals surface area (Å²) in [6.45, 7) is 2.08. The molecule has 0 aliphatic carbocycles. The van der Waals surface area contributed by atoms with E-state index in [1.54, 1.807) is 0 Å². The molecule has 0 spiro atoms. The Morgan fingerprint density at radius 2 is 2.19 bits per heavy atom. The number of rotatable bonds is 3. The van der Waals surface area contributed by atoms with Crippen LogP contribution in [0, 0.1) is 0 Å². The maximum Gasteiger partial charge on any atom is 0.306 e. The van der Waals surface area contributed by atoms with Gasteiger partial charge >= 0.3 is 5.97 Å². The second-order valence-corrected chi connectivity index (χ2v) is 4.06. The van der Waals surface area contributed by atoms with Gasteiger partial charge in [0.05, 0.1) is 6.61 Å². The molecule has 0 unspecified atom stereocenters. The van der Waals surface area contributed by atoms with E-state index in [2.05, 4.69) is 0 Å². The Labute approximate surface area is 93.1 Å². The van der Waals surface area contributed by atoms with Crippen molar-refractivity contribution in [1.29, 1.82) is 0 Å². The monoisotopic (exact) mass is 232 g/mol. The molecule has 2 fully saturated rings. The molecule has 0 amide bonds. The SMILES string of the molecule is CCCC(=O)O[C@@H]1[C@H](O)[C@@H](O)[C@@H]2OC[C@H]1O2. The van der Waals surface area contributed by atoms with E-state index < -0.39 is 36.7 Å². The standard InChI is InChI=1S/C10H16O6/c1-2-3-6(11)16-9-5-4-14-10(15-5)8(13)7(9)12/h5,7-10,12-13H,2-4H2,1H3/t5-,7-,8-,9+,10-/m1/s1. The summed E-state index contributed by atoms with van der Waals surface area (Å²) in [5, 5.41) is 19.3. The molecule has 2 aliphatic heterocycles. The van der Waals surface area contributed by atoms with Crippen LogP contribution in [0.3, 0.4) is 0 Å². The van der Waals surface area contributed by atoms with E-state index in [0.29, 0.717) is 6.42 Å². The summed E-state index contributed by atoms with van der Waals surface area (Å²) >= 11 is 0. The lowest BCUT2D eigenvalue weighted by molar-refractivity contribution is -0.236. The molecular weight excluding hydrogens is 216 g/mol. The van der Waals surface area contributed by atoms with Crippen LogP contribution in [0.15, 0.2) is 0 Å². The van der Waals surface area contributed by atoms with Gasteiger partial charge in [0.1, 0.15) is 18.3 Å². The predicted molar refractivity (Wildman–Crippen MR) is 51.4 cm³/mol. The Morgan fingerprint density at radius 3 is 2.88 bits per heavy atom. The van der Waals surface area contributed by atoms with Crippen LogP contribution in [0.5, 0.6) is 0 Å². The average molecular weight is 232 g/mol. The van der Waals surface area contributed by atoms with Gasteiger partial charge in [0.15, 0.2) is 12.4 Å². The van der Waals surface area contributed by atoms with Crippen LogP contribution in [0.1, 0.15) is 19.8 Å². The predicted octanol–water partition coefficient (Wildman–Crippen LogP) is -0.825. The van der Waals surface area contributed by atoms with Gasteiger partial charge in [-0.1, -0.05) is 6.92 Å². The minimum absolute atomic E-state index is 0.225. The number of hydrogen-bond donors (Lipinski definition) is 2. The van der Waals surface area contributed by atoms with Crippen molar-refractivity contribution >= 4 is 5.97 Å². The summed E-state index contributed by atoms with van der Waals surface area (Å²) in [5.41, 5.74) is 0. The number of aliphatic hydroxyl groups excluding tert-OH is 2. The lowest BCUT2D eigenvalue weighted by Gasteiger charge is -2.34. The summed E-state index contributed by atoms with van der Waals surface area (Å²) in [4.78, 5) is 11.3. The lowest BCUT2D eigenvalue weighted by Crippen LogP contribution is -2.55. The first-order chi connectivity index (χ1) is 7.63. The Hall–Kier alpha value is -0.690. The van der Waals surface area contributed by atoms with Crippen LogP contribution in [0.2, 0.25) is 0 Å². The van der Waals surface area contributed by atoms with Gasteiger partial charge in [0.25, 0.3) is 0 Å². The van der Waals surface area contributed by atoms with Crippen LogP contribution in [-0.4, -0.2) is 53.5 Å². The van der Waals surface area contributed by atoms with E-state index in [4.69, 9.17) is 14.2 Å². The summed E-state index contributed by atoms with van der Waals surface area (Å²) in [6.07, 6.45) is -3.48. The van der Waals surface area contributed by atoms with E-state index in [9.17, 15) is 15.0 Å². The van der Waals surface area contributed by atoms with Crippen LogP contribution in [0.4, 0.5) is 0 Å². The van der Waals surface area contributed by atoms with Gasteiger partial charge in [-0.25, -0.2) is 0 Å². The molecule has 0 aromatic rings. The van der Waals surface area contributed by atoms with Gasteiger partial charge in [-0.3, -0.25) is 4.79 Å². The maximum atomic E-state index is 11.3. The minimum atomic E-state index is -1.17. The lowest BCUT2D eigenvalue weighted by atomic mass is 10.0. The maximum absolute atomic E-state index is 11.3. The largest absolute Gasteiger partial charge is 0.457 e. The van der Waals surface area contributed by atoms with Gasteiger partial charge in [-0.2, -0.15) is 0 Å². The first kappa shape index (κ1) is 11.8. The van der Waals surface area contributed by atoms with Gasteiger partial charge in [0, 0.05) is 6.42 Å². The van der Waals surface area contributed by atoms with Crippen molar-refractivity contribution in [3.8, 4) is 0 Å². The first-order valence-corrected chi connectivity index (χ1v) is 5.46. The van der Waals surface area contributed by atoms with E-state index in [1.807, 2.05) is 6.92 Å². The molecular formula is C10H16O6. The summed E-state index contributed by atoms with van der Waals surface area (Å²) in [5.74, 6) is -0.396. The third kappa shape index (κ3) is 2.06. The van der Waals surface area contributed by atoms with E-state index in [-0.39, 0.29) is 13.0 Å². The van der Waals surface area contributed by atoms with Crippen LogP contribution < -0.4 is 0 Å². The molecule has 2 saturated heterocycles. The smallest absolute Gasteiger partial charge is 0.306 e. The second kappa shape index (κ2) is 4.67. The van der Waals surface area contributed by atoms with Crippen molar-refractivity contribution < 1.29 is 29.2 Å². The normalized spacial score (nSPS) is 42.1. The highest BCUT2D eigenvalue weighted by Crippen LogP contribution is 2.30. The molecule has 16 heavy (non-hydrogen) atoms. The zero-order valence-electron chi connectivity index (χ0n) is 9.04. The second-order valence-electron chi connectivity index (χ2n) is 4.06.